The zero-order chi connectivity index (χ0) is 12.7. The van der Waals surface area contributed by atoms with Crippen LogP contribution in [-0.2, 0) is 22.6 Å². The number of aromatic nitrogens is 2. The summed E-state index contributed by atoms with van der Waals surface area (Å²) in [5, 5.41) is 3.32. The zero-order valence-corrected chi connectivity index (χ0v) is 10.8. The number of nitrogens with one attached hydrogen (secondary N) is 1. The molecule has 1 heterocycles. The van der Waals surface area contributed by atoms with Crippen LogP contribution >= 0.6 is 0 Å². The van der Waals surface area contributed by atoms with E-state index in [1.807, 2.05) is 6.20 Å². The quantitative estimate of drug-likeness (QED) is 0.729. The van der Waals surface area contributed by atoms with Gasteiger partial charge in [-0.25, -0.2) is 4.98 Å². The summed E-state index contributed by atoms with van der Waals surface area (Å²) in [5.74, 6) is 0.843. The minimum atomic E-state index is -0.160. The number of hydrogen-bond acceptors (Lipinski definition) is 4. The van der Waals surface area contributed by atoms with Crippen LogP contribution in [0, 0.1) is 0 Å². The van der Waals surface area contributed by atoms with Crippen LogP contribution in [-0.4, -0.2) is 28.7 Å². The Bertz CT molecular complexity index is 347. The molecule has 1 N–H and O–H groups in total. The largest absolute Gasteiger partial charge is 0.469 e. The van der Waals surface area contributed by atoms with E-state index in [9.17, 15) is 4.79 Å². The van der Waals surface area contributed by atoms with Gasteiger partial charge >= 0.3 is 5.97 Å². The van der Waals surface area contributed by atoms with Crippen molar-refractivity contribution in [3.63, 3.8) is 0 Å². The summed E-state index contributed by atoms with van der Waals surface area (Å²) in [6.45, 7) is 5.75. The molecule has 0 saturated heterocycles. The first-order valence-corrected chi connectivity index (χ1v) is 5.93. The van der Waals surface area contributed by atoms with Crippen LogP contribution in [0.1, 0.15) is 32.5 Å². The molecule has 0 aliphatic carbocycles. The normalized spacial score (nSPS) is 10.8. The lowest BCUT2D eigenvalue weighted by molar-refractivity contribution is -0.140. The Balaban J connectivity index is 2.37. The summed E-state index contributed by atoms with van der Waals surface area (Å²) >= 11 is 0. The van der Waals surface area contributed by atoms with Crippen LogP contribution in [0.3, 0.4) is 0 Å². The third-order valence-corrected chi connectivity index (χ3v) is 2.48. The van der Waals surface area contributed by atoms with Crippen molar-refractivity contribution in [2.24, 2.45) is 0 Å². The topological polar surface area (TPSA) is 56.2 Å². The minimum Gasteiger partial charge on any atom is -0.469 e. The maximum atomic E-state index is 11.0. The van der Waals surface area contributed by atoms with Crippen molar-refractivity contribution in [1.82, 2.24) is 14.9 Å². The third kappa shape index (κ3) is 4.99. The van der Waals surface area contributed by atoms with E-state index in [-0.39, 0.29) is 5.97 Å². The number of aryl methyl sites for hydroxylation is 1. The predicted octanol–water partition coefficient (Wildman–Crippen LogP) is 1.33. The van der Waals surface area contributed by atoms with Crippen molar-refractivity contribution < 1.29 is 9.53 Å². The van der Waals surface area contributed by atoms with Gasteiger partial charge in [-0.2, -0.15) is 0 Å². The Morgan fingerprint density at radius 2 is 2.35 bits per heavy atom. The van der Waals surface area contributed by atoms with Crippen molar-refractivity contribution in [3.8, 4) is 0 Å². The highest BCUT2D eigenvalue weighted by Crippen LogP contribution is 2.02. The Morgan fingerprint density at radius 1 is 1.59 bits per heavy atom. The van der Waals surface area contributed by atoms with E-state index in [1.165, 1.54) is 7.11 Å². The molecule has 0 bridgehead atoms. The highest BCUT2D eigenvalue weighted by Gasteiger charge is 2.05. The molecule has 1 aromatic heterocycles. The third-order valence-electron chi connectivity index (χ3n) is 2.48. The fourth-order valence-electron chi connectivity index (χ4n) is 1.50. The average molecular weight is 239 g/mol. The van der Waals surface area contributed by atoms with Gasteiger partial charge < -0.3 is 14.6 Å². The summed E-state index contributed by atoms with van der Waals surface area (Å²) in [7, 11) is 1.41. The van der Waals surface area contributed by atoms with E-state index < -0.39 is 0 Å². The molecule has 17 heavy (non-hydrogen) atoms. The van der Waals surface area contributed by atoms with Gasteiger partial charge in [0.15, 0.2) is 0 Å². The van der Waals surface area contributed by atoms with Crippen molar-refractivity contribution in [3.05, 3.63) is 18.2 Å². The number of carbonyl (C=O) groups is 1. The van der Waals surface area contributed by atoms with Crippen molar-refractivity contribution in [2.75, 3.05) is 7.11 Å². The molecule has 5 heteroatoms. The van der Waals surface area contributed by atoms with Gasteiger partial charge in [0.05, 0.1) is 13.7 Å². The molecule has 0 aromatic carbocycles. The van der Waals surface area contributed by atoms with Gasteiger partial charge in [0.2, 0.25) is 0 Å². The van der Waals surface area contributed by atoms with Crippen LogP contribution in [0.2, 0.25) is 0 Å². The number of rotatable bonds is 7. The Morgan fingerprint density at radius 3 is 3.00 bits per heavy atom. The van der Waals surface area contributed by atoms with Gasteiger partial charge in [-0.05, 0) is 6.42 Å². The average Bonchev–Trinajstić information content (AvgIpc) is 2.73. The molecule has 1 aromatic rings. The molecule has 0 unspecified atom stereocenters. The molecule has 0 amide bonds. The number of nitrogens with zero attached hydrogens (tertiary/aromatic N) is 2. The molecule has 0 saturated carbocycles. The van der Waals surface area contributed by atoms with E-state index in [4.69, 9.17) is 0 Å². The monoisotopic (exact) mass is 239 g/mol. The van der Waals surface area contributed by atoms with Gasteiger partial charge in [0.25, 0.3) is 0 Å². The second-order valence-corrected chi connectivity index (χ2v) is 4.25. The fourth-order valence-corrected chi connectivity index (χ4v) is 1.50. The van der Waals surface area contributed by atoms with Gasteiger partial charge in [-0.3, -0.25) is 4.79 Å². The summed E-state index contributed by atoms with van der Waals surface area (Å²) in [6.07, 6.45) is 4.95. The highest BCUT2D eigenvalue weighted by atomic mass is 16.5. The lowest BCUT2D eigenvalue weighted by atomic mass is 10.3. The molecule has 0 spiro atoms. The smallest absolute Gasteiger partial charge is 0.305 e. The van der Waals surface area contributed by atoms with E-state index >= 15 is 0 Å². The van der Waals surface area contributed by atoms with E-state index in [1.54, 1.807) is 6.20 Å². The van der Waals surface area contributed by atoms with Crippen LogP contribution in [0.15, 0.2) is 12.4 Å². The molecule has 0 fully saturated rings. The number of carbonyl (C=O) groups excluding carboxylic acids is 1. The minimum absolute atomic E-state index is 0.160. The standard InChI is InChI=1S/C12H21N3O2/c1-10(2)14-9-11-13-6-8-15(11)7-4-5-12(16)17-3/h6,8,10,14H,4-5,7,9H2,1-3H3. The van der Waals surface area contributed by atoms with E-state index in [2.05, 4.69) is 33.5 Å². The number of esters is 1. The second kappa shape index (κ2) is 7.06. The number of hydrogen-bond donors (Lipinski definition) is 1. The summed E-state index contributed by atoms with van der Waals surface area (Å²) in [6, 6.07) is 0.440. The summed E-state index contributed by atoms with van der Waals surface area (Å²) in [4.78, 5) is 15.3. The molecule has 96 valence electrons. The van der Waals surface area contributed by atoms with Crippen LogP contribution in [0.25, 0.3) is 0 Å². The van der Waals surface area contributed by atoms with Crippen LogP contribution < -0.4 is 5.32 Å². The first-order chi connectivity index (χ1) is 8.13. The summed E-state index contributed by atoms with van der Waals surface area (Å²) in [5.41, 5.74) is 0. The van der Waals surface area contributed by atoms with Crippen molar-refractivity contribution in [2.45, 2.75) is 45.8 Å². The zero-order valence-electron chi connectivity index (χ0n) is 10.8. The molecule has 0 radical (unpaired) electrons. The number of imidazole rings is 1. The van der Waals surface area contributed by atoms with Crippen LogP contribution in [0.4, 0.5) is 0 Å². The lowest BCUT2D eigenvalue weighted by Crippen LogP contribution is -2.24. The van der Waals surface area contributed by atoms with E-state index in [0.717, 1.165) is 25.3 Å². The predicted molar refractivity (Wildman–Crippen MR) is 65.5 cm³/mol. The van der Waals surface area contributed by atoms with Gasteiger partial charge in [0, 0.05) is 31.4 Å². The highest BCUT2D eigenvalue weighted by molar-refractivity contribution is 5.68. The molecule has 1 rings (SSSR count). The second-order valence-electron chi connectivity index (χ2n) is 4.25. The lowest BCUT2D eigenvalue weighted by Gasteiger charge is -2.10. The van der Waals surface area contributed by atoms with Gasteiger partial charge in [-0.15, -0.1) is 0 Å². The Hall–Kier alpha value is -1.36. The SMILES string of the molecule is COC(=O)CCCn1ccnc1CNC(C)C. The number of ether oxygens (including phenoxy) is 1. The first kappa shape index (κ1) is 13.7. The molecule has 0 atom stereocenters. The van der Waals surface area contributed by atoms with Gasteiger partial charge in [0.1, 0.15) is 5.82 Å². The van der Waals surface area contributed by atoms with Gasteiger partial charge in [-0.1, -0.05) is 13.8 Å². The molecular formula is C12H21N3O2. The van der Waals surface area contributed by atoms with Crippen molar-refractivity contribution in [1.29, 1.82) is 0 Å². The Labute approximate surface area is 102 Å². The number of methoxy groups -OCH3 is 1. The Kier molecular flexibility index (Phi) is 5.69. The summed E-state index contributed by atoms with van der Waals surface area (Å²) < 4.78 is 6.67. The maximum absolute atomic E-state index is 11.0. The maximum Gasteiger partial charge on any atom is 0.305 e. The molecular weight excluding hydrogens is 218 g/mol. The van der Waals surface area contributed by atoms with Crippen LogP contribution in [0.5, 0.6) is 0 Å². The van der Waals surface area contributed by atoms with Crippen molar-refractivity contribution >= 4 is 5.97 Å². The molecule has 0 aliphatic rings. The molecule has 5 nitrogen and oxygen atoms in total. The fraction of sp³-hybridized carbons (Fsp3) is 0.667. The first-order valence-electron chi connectivity index (χ1n) is 5.93. The molecule has 0 aliphatic heterocycles. The van der Waals surface area contributed by atoms with E-state index in [0.29, 0.717) is 12.5 Å².